The minimum absolute atomic E-state index is 0.00905. The summed E-state index contributed by atoms with van der Waals surface area (Å²) in [4.78, 5) is 13.2. The first-order valence-electron chi connectivity index (χ1n) is 9.29. The SMILES string of the molecule is CC(C)(C)c1cc(N2CC3CN(Cc4nnc(C(F)(F)F)o4)CC3C2)ncn1. The number of hydrogen-bond acceptors (Lipinski definition) is 7. The molecule has 2 unspecified atom stereocenters. The first-order chi connectivity index (χ1) is 13.1. The van der Waals surface area contributed by atoms with Crippen molar-refractivity contribution in [2.45, 2.75) is 38.9 Å². The van der Waals surface area contributed by atoms with E-state index in [2.05, 4.69) is 56.8 Å². The average molecular weight is 396 g/mol. The van der Waals surface area contributed by atoms with E-state index in [-0.39, 0.29) is 17.9 Å². The van der Waals surface area contributed by atoms with E-state index < -0.39 is 12.1 Å². The molecule has 4 heterocycles. The van der Waals surface area contributed by atoms with Crippen LogP contribution in [0.3, 0.4) is 0 Å². The van der Waals surface area contributed by atoms with E-state index in [0.29, 0.717) is 11.8 Å². The Morgan fingerprint density at radius 3 is 2.29 bits per heavy atom. The van der Waals surface area contributed by atoms with Gasteiger partial charge in [0.15, 0.2) is 0 Å². The van der Waals surface area contributed by atoms with Crippen molar-refractivity contribution < 1.29 is 17.6 Å². The van der Waals surface area contributed by atoms with Gasteiger partial charge in [0.25, 0.3) is 0 Å². The highest BCUT2D eigenvalue weighted by atomic mass is 19.4. The van der Waals surface area contributed by atoms with Crippen LogP contribution in [-0.2, 0) is 18.1 Å². The lowest BCUT2D eigenvalue weighted by molar-refractivity contribution is -0.157. The zero-order chi connectivity index (χ0) is 20.1. The van der Waals surface area contributed by atoms with Gasteiger partial charge in [-0.25, -0.2) is 9.97 Å². The summed E-state index contributed by atoms with van der Waals surface area (Å²) in [6.45, 7) is 9.95. The third-order valence-electron chi connectivity index (χ3n) is 5.38. The summed E-state index contributed by atoms with van der Waals surface area (Å²) in [6.07, 6.45) is -2.99. The minimum Gasteiger partial charge on any atom is -0.416 e. The quantitative estimate of drug-likeness (QED) is 0.790. The molecule has 0 radical (unpaired) electrons. The second-order valence-corrected chi connectivity index (χ2v) is 8.63. The van der Waals surface area contributed by atoms with Crippen molar-refractivity contribution in [2.24, 2.45) is 11.8 Å². The number of rotatable bonds is 3. The van der Waals surface area contributed by atoms with Crippen molar-refractivity contribution in [2.75, 3.05) is 31.1 Å². The highest BCUT2D eigenvalue weighted by molar-refractivity contribution is 5.42. The number of likely N-dealkylation sites (tertiary alicyclic amines) is 1. The van der Waals surface area contributed by atoms with Crippen molar-refractivity contribution in [1.82, 2.24) is 25.1 Å². The van der Waals surface area contributed by atoms with E-state index in [0.717, 1.165) is 37.7 Å². The Kier molecular flexibility index (Phi) is 4.56. The molecule has 7 nitrogen and oxygen atoms in total. The Hall–Kier alpha value is -2.23. The Balaban J connectivity index is 1.37. The molecular weight excluding hydrogens is 373 g/mol. The van der Waals surface area contributed by atoms with Crippen LogP contribution in [-0.4, -0.2) is 51.2 Å². The number of anilines is 1. The fourth-order valence-electron chi connectivity index (χ4n) is 3.96. The molecule has 4 rings (SSSR count). The molecule has 0 aliphatic carbocycles. The van der Waals surface area contributed by atoms with Crippen LogP contribution in [0.1, 0.15) is 38.2 Å². The Morgan fingerprint density at radius 2 is 1.71 bits per heavy atom. The third kappa shape index (κ3) is 3.82. The molecule has 0 saturated carbocycles. The van der Waals surface area contributed by atoms with Gasteiger partial charge in [-0.15, -0.1) is 10.2 Å². The summed E-state index contributed by atoms with van der Waals surface area (Å²) >= 11 is 0. The van der Waals surface area contributed by atoms with Crippen LogP contribution in [0.5, 0.6) is 0 Å². The zero-order valence-corrected chi connectivity index (χ0v) is 16.1. The van der Waals surface area contributed by atoms with E-state index >= 15 is 0 Å². The molecule has 28 heavy (non-hydrogen) atoms. The van der Waals surface area contributed by atoms with Crippen LogP contribution in [0.15, 0.2) is 16.8 Å². The summed E-state index contributed by atoms with van der Waals surface area (Å²) in [6, 6.07) is 2.05. The lowest BCUT2D eigenvalue weighted by atomic mass is 9.92. The number of aromatic nitrogens is 4. The molecule has 10 heteroatoms. The first-order valence-corrected chi connectivity index (χ1v) is 9.29. The van der Waals surface area contributed by atoms with Gasteiger partial charge < -0.3 is 9.32 Å². The maximum atomic E-state index is 12.6. The van der Waals surface area contributed by atoms with Gasteiger partial charge in [0, 0.05) is 37.7 Å². The summed E-state index contributed by atoms with van der Waals surface area (Å²) in [5, 5.41) is 6.62. The minimum atomic E-state index is -4.60. The Labute approximate surface area is 161 Å². The van der Waals surface area contributed by atoms with Gasteiger partial charge in [-0.2, -0.15) is 13.2 Å². The number of hydrogen-bond donors (Lipinski definition) is 0. The highest BCUT2D eigenvalue weighted by Crippen LogP contribution is 2.35. The predicted octanol–water partition coefficient (Wildman–Crippen LogP) is 2.74. The van der Waals surface area contributed by atoms with Crippen molar-refractivity contribution >= 4 is 5.82 Å². The number of halogens is 3. The van der Waals surface area contributed by atoms with Crippen LogP contribution in [0, 0.1) is 11.8 Å². The molecule has 2 aromatic heterocycles. The fraction of sp³-hybridized carbons (Fsp3) is 0.667. The highest BCUT2D eigenvalue weighted by Gasteiger charge is 2.42. The molecule has 0 N–H and O–H groups in total. The van der Waals surface area contributed by atoms with Crippen molar-refractivity contribution in [3.8, 4) is 0 Å². The molecular formula is C18H23F3N6O. The Morgan fingerprint density at radius 1 is 1.04 bits per heavy atom. The number of nitrogens with zero attached hydrogens (tertiary/aromatic N) is 6. The second kappa shape index (κ2) is 6.68. The predicted molar refractivity (Wildman–Crippen MR) is 94.5 cm³/mol. The average Bonchev–Trinajstić information content (AvgIpc) is 3.28. The van der Waals surface area contributed by atoms with Crippen LogP contribution < -0.4 is 4.90 Å². The van der Waals surface area contributed by atoms with Crippen molar-refractivity contribution in [3.05, 3.63) is 29.9 Å². The van der Waals surface area contributed by atoms with E-state index in [4.69, 9.17) is 4.42 Å². The maximum Gasteiger partial charge on any atom is 0.470 e. The summed E-state index contributed by atoms with van der Waals surface area (Å²) in [5.74, 6) is 0.546. The first kappa shape index (κ1) is 19.1. The monoisotopic (exact) mass is 396 g/mol. The molecule has 2 fully saturated rings. The smallest absolute Gasteiger partial charge is 0.416 e. The molecule has 0 aromatic carbocycles. The molecule has 0 bridgehead atoms. The molecule has 2 atom stereocenters. The molecule has 152 valence electrons. The molecule has 2 aromatic rings. The molecule has 2 aliphatic heterocycles. The van der Waals surface area contributed by atoms with Gasteiger partial charge >= 0.3 is 12.1 Å². The topological polar surface area (TPSA) is 71.2 Å². The van der Waals surface area contributed by atoms with Gasteiger partial charge in [0.05, 0.1) is 12.2 Å². The standard InChI is InChI=1S/C18H23F3N6O/c1-17(2,3)13-4-14(23-10-22-13)27-7-11-5-26(6-12(11)8-27)9-15-24-25-16(28-15)18(19,20)21/h4,10-12H,5-9H2,1-3H3. The van der Waals surface area contributed by atoms with Crippen LogP contribution >= 0.6 is 0 Å². The summed E-state index contributed by atoms with van der Waals surface area (Å²) < 4.78 is 42.5. The largest absolute Gasteiger partial charge is 0.470 e. The summed E-state index contributed by atoms with van der Waals surface area (Å²) in [5.41, 5.74) is 0.969. The molecule has 2 aliphatic rings. The second-order valence-electron chi connectivity index (χ2n) is 8.63. The number of fused-ring (bicyclic) bond motifs is 1. The normalized spacial score (nSPS) is 23.4. The summed E-state index contributed by atoms with van der Waals surface area (Å²) in [7, 11) is 0. The van der Waals surface area contributed by atoms with Crippen LogP contribution in [0.25, 0.3) is 0 Å². The Bertz CT molecular complexity index is 832. The van der Waals surface area contributed by atoms with E-state index in [9.17, 15) is 13.2 Å². The maximum absolute atomic E-state index is 12.6. The van der Waals surface area contributed by atoms with Gasteiger partial charge in [-0.3, -0.25) is 4.90 Å². The van der Waals surface area contributed by atoms with Crippen LogP contribution in [0.4, 0.5) is 19.0 Å². The van der Waals surface area contributed by atoms with Crippen molar-refractivity contribution in [3.63, 3.8) is 0 Å². The molecule has 0 amide bonds. The van der Waals surface area contributed by atoms with E-state index in [1.54, 1.807) is 6.33 Å². The molecule has 0 spiro atoms. The lowest BCUT2D eigenvalue weighted by Gasteiger charge is -2.23. The van der Waals surface area contributed by atoms with Gasteiger partial charge in [0.2, 0.25) is 5.89 Å². The lowest BCUT2D eigenvalue weighted by Crippen LogP contribution is -2.29. The van der Waals surface area contributed by atoms with Crippen molar-refractivity contribution in [1.29, 1.82) is 0 Å². The molecule has 2 saturated heterocycles. The van der Waals surface area contributed by atoms with Gasteiger partial charge in [0.1, 0.15) is 12.1 Å². The number of alkyl halides is 3. The van der Waals surface area contributed by atoms with Crippen LogP contribution in [0.2, 0.25) is 0 Å². The van der Waals surface area contributed by atoms with E-state index in [1.165, 1.54) is 0 Å². The van der Waals surface area contributed by atoms with Gasteiger partial charge in [-0.1, -0.05) is 20.8 Å². The van der Waals surface area contributed by atoms with E-state index in [1.807, 2.05) is 0 Å². The zero-order valence-electron chi connectivity index (χ0n) is 16.1. The van der Waals surface area contributed by atoms with Gasteiger partial charge in [-0.05, 0) is 11.8 Å². The fourth-order valence-corrected chi connectivity index (χ4v) is 3.96. The third-order valence-corrected chi connectivity index (χ3v) is 5.38.